The monoisotopic (exact) mass is 202 g/mol. The van der Waals surface area contributed by atoms with Gasteiger partial charge in [0.05, 0.1) is 18.8 Å². The molecule has 2 fully saturated rings. The van der Waals surface area contributed by atoms with Crippen molar-refractivity contribution in [1.82, 2.24) is 0 Å². The first kappa shape index (κ1) is 10.4. The van der Waals surface area contributed by atoms with E-state index in [1.54, 1.807) is 0 Å². The van der Waals surface area contributed by atoms with Crippen LogP contribution in [0.3, 0.4) is 0 Å². The van der Waals surface area contributed by atoms with E-state index in [9.17, 15) is 10.2 Å². The first-order valence-electron chi connectivity index (χ1n) is 5.22. The van der Waals surface area contributed by atoms with Crippen LogP contribution in [0.15, 0.2) is 0 Å². The van der Waals surface area contributed by atoms with Gasteiger partial charge in [-0.25, -0.2) is 0 Å². The van der Waals surface area contributed by atoms with Crippen molar-refractivity contribution in [1.29, 1.82) is 0 Å². The van der Waals surface area contributed by atoms with Crippen molar-refractivity contribution in [2.24, 2.45) is 11.8 Å². The summed E-state index contributed by atoms with van der Waals surface area (Å²) in [6.07, 6.45) is -1.11. The topological polar surface area (TPSA) is 58.9 Å². The number of rotatable bonds is 1. The Morgan fingerprint density at radius 2 is 2.00 bits per heavy atom. The van der Waals surface area contributed by atoms with Crippen LogP contribution in [0.5, 0.6) is 0 Å². The molecule has 2 aliphatic heterocycles. The molecule has 2 saturated heterocycles. The van der Waals surface area contributed by atoms with Crippen molar-refractivity contribution in [2.45, 2.75) is 44.9 Å². The largest absolute Gasteiger partial charge is 0.385 e. The average Bonchev–Trinajstić information content (AvgIpc) is 2.56. The van der Waals surface area contributed by atoms with Gasteiger partial charge in [0.25, 0.3) is 0 Å². The summed E-state index contributed by atoms with van der Waals surface area (Å²) in [6, 6.07) is 0. The maximum atomic E-state index is 9.65. The van der Waals surface area contributed by atoms with Crippen molar-refractivity contribution < 1.29 is 19.7 Å². The van der Waals surface area contributed by atoms with Gasteiger partial charge in [-0.1, -0.05) is 13.8 Å². The molecule has 14 heavy (non-hydrogen) atoms. The second-order valence-electron chi connectivity index (χ2n) is 4.59. The minimum absolute atomic E-state index is 0.188. The molecule has 0 radical (unpaired) electrons. The predicted octanol–water partition coefficient (Wildman–Crippen LogP) is 0.126. The summed E-state index contributed by atoms with van der Waals surface area (Å²) in [6.45, 7) is 4.70. The van der Waals surface area contributed by atoms with Crippen LogP contribution in [0.25, 0.3) is 0 Å². The summed E-state index contributed by atoms with van der Waals surface area (Å²) in [5.41, 5.74) is 0. The van der Waals surface area contributed by atoms with Gasteiger partial charge in [0.15, 0.2) is 6.29 Å². The van der Waals surface area contributed by atoms with Crippen LogP contribution in [-0.4, -0.2) is 41.4 Å². The first-order valence-corrected chi connectivity index (χ1v) is 5.22. The zero-order chi connectivity index (χ0) is 10.3. The fourth-order valence-corrected chi connectivity index (χ4v) is 2.24. The van der Waals surface area contributed by atoms with Gasteiger partial charge in [-0.15, -0.1) is 0 Å². The Kier molecular flexibility index (Phi) is 2.79. The van der Waals surface area contributed by atoms with Gasteiger partial charge < -0.3 is 19.7 Å². The quantitative estimate of drug-likeness (QED) is 0.634. The van der Waals surface area contributed by atoms with Crippen LogP contribution in [0, 0.1) is 11.8 Å². The molecule has 0 aromatic rings. The summed E-state index contributed by atoms with van der Waals surface area (Å²) < 4.78 is 10.8. The molecule has 4 heteroatoms. The Morgan fingerprint density at radius 1 is 1.29 bits per heavy atom. The van der Waals surface area contributed by atoms with Crippen molar-refractivity contribution in [3.8, 4) is 0 Å². The maximum absolute atomic E-state index is 9.65. The van der Waals surface area contributed by atoms with E-state index >= 15 is 0 Å². The summed E-state index contributed by atoms with van der Waals surface area (Å²) in [5, 5.41) is 18.9. The van der Waals surface area contributed by atoms with E-state index in [1.165, 1.54) is 0 Å². The molecule has 0 aliphatic carbocycles. The molecule has 2 heterocycles. The second kappa shape index (κ2) is 3.77. The molecule has 0 amide bonds. The molecule has 5 unspecified atom stereocenters. The third kappa shape index (κ3) is 1.67. The highest BCUT2D eigenvalue weighted by Crippen LogP contribution is 2.36. The fourth-order valence-electron chi connectivity index (χ4n) is 2.24. The van der Waals surface area contributed by atoms with E-state index in [0.717, 1.165) is 6.42 Å². The van der Waals surface area contributed by atoms with Crippen molar-refractivity contribution in [3.05, 3.63) is 0 Å². The number of aliphatic hydroxyl groups excluding tert-OH is 2. The lowest BCUT2D eigenvalue weighted by Gasteiger charge is -2.32. The summed E-state index contributed by atoms with van der Waals surface area (Å²) in [4.78, 5) is 0. The lowest BCUT2D eigenvalue weighted by atomic mass is 9.92. The number of ether oxygens (including phenoxy) is 2. The zero-order valence-corrected chi connectivity index (χ0v) is 8.59. The van der Waals surface area contributed by atoms with Gasteiger partial charge in [-0.2, -0.15) is 0 Å². The Labute approximate surface area is 83.8 Å². The standard InChI is InChI=1S/C10H18O4/c1-5(2)7-3-6-4-13-10(12)8(11)9(6)14-7/h5-12H,3-4H2,1-2H3. The zero-order valence-electron chi connectivity index (χ0n) is 8.59. The van der Waals surface area contributed by atoms with E-state index in [0.29, 0.717) is 12.5 Å². The second-order valence-corrected chi connectivity index (χ2v) is 4.59. The van der Waals surface area contributed by atoms with Crippen LogP contribution in [0.2, 0.25) is 0 Å². The first-order chi connectivity index (χ1) is 6.59. The van der Waals surface area contributed by atoms with Crippen LogP contribution >= 0.6 is 0 Å². The molecule has 0 saturated carbocycles. The smallest absolute Gasteiger partial charge is 0.183 e. The van der Waals surface area contributed by atoms with Gasteiger partial charge in [-0.3, -0.25) is 0 Å². The minimum atomic E-state index is -1.08. The van der Waals surface area contributed by atoms with Crippen LogP contribution in [-0.2, 0) is 9.47 Å². The van der Waals surface area contributed by atoms with Gasteiger partial charge in [0.2, 0.25) is 0 Å². The van der Waals surface area contributed by atoms with Crippen molar-refractivity contribution >= 4 is 0 Å². The molecule has 2 aliphatic rings. The lowest BCUT2D eigenvalue weighted by molar-refractivity contribution is -0.235. The highest BCUT2D eigenvalue weighted by molar-refractivity contribution is 4.91. The molecule has 0 bridgehead atoms. The van der Waals surface area contributed by atoms with Crippen LogP contribution in [0.4, 0.5) is 0 Å². The number of aliphatic hydroxyl groups is 2. The number of hydrogen-bond acceptors (Lipinski definition) is 4. The molecule has 0 aromatic heterocycles. The third-order valence-electron chi connectivity index (χ3n) is 3.18. The molecular weight excluding hydrogens is 184 g/mol. The van der Waals surface area contributed by atoms with Gasteiger partial charge in [0.1, 0.15) is 6.10 Å². The molecular formula is C10H18O4. The normalized spacial score (nSPS) is 48.2. The van der Waals surface area contributed by atoms with E-state index in [4.69, 9.17) is 9.47 Å². The SMILES string of the molecule is CC(C)C1CC2COC(O)C(O)C2O1. The Bertz CT molecular complexity index is 206. The molecule has 2 N–H and O–H groups in total. The van der Waals surface area contributed by atoms with Crippen LogP contribution < -0.4 is 0 Å². The fraction of sp³-hybridized carbons (Fsp3) is 1.00. The lowest BCUT2D eigenvalue weighted by Crippen LogP contribution is -2.48. The van der Waals surface area contributed by atoms with Crippen molar-refractivity contribution in [2.75, 3.05) is 6.61 Å². The average molecular weight is 202 g/mol. The minimum Gasteiger partial charge on any atom is -0.385 e. The van der Waals surface area contributed by atoms with Gasteiger partial charge >= 0.3 is 0 Å². The van der Waals surface area contributed by atoms with E-state index in [2.05, 4.69) is 13.8 Å². The Hall–Kier alpha value is -0.160. The summed E-state index contributed by atoms with van der Waals surface area (Å²) in [5.74, 6) is 0.686. The van der Waals surface area contributed by atoms with E-state index in [1.807, 2.05) is 0 Å². The van der Waals surface area contributed by atoms with E-state index in [-0.39, 0.29) is 18.1 Å². The highest BCUT2D eigenvalue weighted by Gasteiger charge is 2.46. The third-order valence-corrected chi connectivity index (χ3v) is 3.18. The molecule has 5 atom stereocenters. The summed E-state index contributed by atoms with van der Waals surface area (Å²) in [7, 11) is 0. The molecule has 0 spiro atoms. The summed E-state index contributed by atoms with van der Waals surface area (Å²) >= 11 is 0. The van der Waals surface area contributed by atoms with E-state index < -0.39 is 12.4 Å². The van der Waals surface area contributed by atoms with Gasteiger partial charge in [-0.05, 0) is 12.3 Å². The highest BCUT2D eigenvalue weighted by atomic mass is 16.6. The number of fused-ring (bicyclic) bond motifs is 1. The number of hydrogen-bond donors (Lipinski definition) is 2. The molecule has 2 rings (SSSR count). The Balaban J connectivity index is 2.02. The molecule has 0 aromatic carbocycles. The maximum Gasteiger partial charge on any atom is 0.183 e. The van der Waals surface area contributed by atoms with Crippen molar-refractivity contribution in [3.63, 3.8) is 0 Å². The van der Waals surface area contributed by atoms with Crippen LogP contribution in [0.1, 0.15) is 20.3 Å². The molecule has 4 nitrogen and oxygen atoms in total. The Morgan fingerprint density at radius 3 is 2.64 bits per heavy atom. The van der Waals surface area contributed by atoms with Gasteiger partial charge in [0, 0.05) is 5.92 Å². The molecule has 82 valence electrons. The predicted molar refractivity (Wildman–Crippen MR) is 49.6 cm³/mol.